The van der Waals surface area contributed by atoms with Crippen LogP contribution in [0.4, 0.5) is 0 Å². The van der Waals surface area contributed by atoms with Crippen molar-refractivity contribution in [3.8, 4) is 44.5 Å². The molecule has 9 heterocycles. The fourth-order valence-corrected chi connectivity index (χ4v) is 7.14. The molecule has 283 valence electrons. The summed E-state index contributed by atoms with van der Waals surface area (Å²) in [6, 6.07) is 23.5. The van der Waals surface area contributed by atoms with Gasteiger partial charge < -0.3 is 30.4 Å². The molecular formula is C44H36CuN8O4+4. The molecule has 13 heteroatoms. The van der Waals surface area contributed by atoms with Crippen LogP contribution in [0.2, 0.25) is 0 Å². The number of pyridine rings is 4. The van der Waals surface area contributed by atoms with Gasteiger partial charge in [-0.15, -0.1) is 22.1 Å². The molecule has 0 saturated heterocycles. The maximum absolute atomic E-state index is 9.79. The average molecular weight is 804 g/mol. The SMILES string of the molecule is OC[n+]1ccc(-c2c3nc(c(-c4cc[n+](CO)cc4)c4ccc([n-]4)c(-c4cc[n+](CO)cc4)c4nc(c(-c5cc[n+](CO)cc5)c5ccc2[n-]5)C=C4)C=C3)cc1.[Cu+2]. The molecule has 0 aromatic carbocycles. The predicted molar refractivity (Wildman–Crippen MR) is 208 cm³/mol. The van der Waals surface area contributed by atoms with Gasteiger partial charge in [0.1, 0.15) is 0 Å². The van der Waals surface area contributed by atoms with E-state index in [1.807, 2.05) is 147 Å². The van der Waals surface area contributed by atoms with E-state index in [0.717, 1.165) is 44.5 Å². The normalized spacial score (nSPS) is 11.9. The summed E-state index contributed by atoms with van der Waals surface area (Å²) >= 11 is 0. The Morgan fingerprint density at radius 1 is 0.351 bits per heavy atom. The van der Waals surface area contributed by atoms with Gasteiger partial charge in [-0.25, -0.2) is 9.97 Å². The van der Waals surface area contributed by atoms with E-state index in [0.29, 0.717) is 44.8 Å². The van der Waals surface area contributed by atoms with Crippen molar-refractivity contribution in [3.63, 3.8) is 0 Å². The van der Waals surface area contributed by atoms with Crippen LogP contribution in [0.25, 0.3) is 90.9 Å². The second kappa shape index (κ2) is 16.0. The van der Waals surface area contributed by atoms with Crippen LogP contribution in [0.5, 0.6) is 0 Å². The van der Waals surface area contributed by atoms with Crippen molar-refractivity contribution in [1.29, 1.82) is 0 Å². The summed E-state index contributed by atoms with van der Waals surface area (Å²) in [5, 5.41) is 39.2. The summed E-state index contributed by atoms with van der Waals surface area (Å²) in [5.74, 6) is 0. The van der Waals surface area contributed by atoms with Gasteiger partial charge in [0, 0.05) is 48.5 Å². The van der Waals surface area contributed by atoms with Crippen molar-refractivity contribution >= 4 is 46.4 Å². The summed E-state index contributed by atoms with van der Waals surface area (Å²) in [4.78, 5) is 21.1. The minimum Gasteiger partial charge on any atom is -0.657 e. The maximum atomic E-state index is 9.79. The molecule has 2 aliphatic rings. The van der Waals surface area contributed by atoms with Crippen molar-refractivity contribution in [1.82, 2.24) is 19.9 Å². The fraction of sp³-hybridized carbons (Fsp3) is 0.0909. The third-order valence-electron chi connectivity index (χ3n) is 9.98. The van der Waals surface area contributed by atoms with Crippen LogP contribution < -0.4 is 28.2 Å². The van der Waals surface area contributed by atoms with Crippen LogP contribution in [0.3, 0.4) is 0 Å². The van der Waals surface area contributed by atoms with Crippen molar-refractivity contribution in [3.05, 3.63) is 145 Å². The molecule has 7 aromatic rings. The molecule has 0 amide bonds. The van der Waals surface area contributed by atoms with Gasteiger partial charge >= 0.3 is 17.1 Å². The Hall–Kier alpha value is -6.44. The molecule has 1 radical (unpaired) electrons. The van der Waals surface area contributed by atoms with Crippen LogP contribution in [0, 0.1) is 0 Å². The zero-order valence-electron chi connectivity index (χ0n) is 30.4. The van der Waals surface area contributed by atoms with E-state index in [1.54, 1.807) is 18.3 Å². The van der Waals surface area contributed by atoms with Crippen LogP contribution in [0.1, 0.15) is 22.8 Å². The van der Waals surface area contributed by atoms with Crippen LogP contribution in [-0.2, 0) is 44.0 Å². The molecule has 0 saturated carbocycles. The van der Waals surface area contributed by atoms with E-state index in [1.165, 1.54) is 0 Å². The smallest absolute Gasteiger partial charge is 0.657 e. The molecule has 12 nitrogen and oxygen atoms in total. The summed E-state index contributed by atoms with van der Waals surface area (Å²) in [7, 11) is 0. The van der Waals surface area contributed by atoms with Crippen molar-refractivity contribution < 1.29 is 55.8 Å². The molecule has 0 unspecified atom stereocenters. The number of hydrogen-bond donors (Lipinski definition) is 4. The molecule has 4 N–H and O–H groups in total. The van der Waals surface area contributed by atoms with Gasteiger partial charge in [-0.1, -0.05) is 24.3 Å². The zero-order chi connectivity index (χ0) is 38.2. The Kier molecular flexibility index (Phi) is 10.5. The van der Waals surface area contributed by atoms with E-state index in [2.05, 4.69) is 0 Å². The number of aromatic nitrogens is 8. The second-order valence-corrected chi connectivity index (χ2v) is 13.3. The molecule has 7 aromatic heterocycles. The van der Waals surface area contributed by atoms with Crippen molar-refractivity contribution in [2.24, 2.45) is 0 Å². The molecule has 2 aliphatic heterocycles. The van der Waals surface area contributed by atoms with E-state index in [-0.39, 0.29) is 44.0 Å². The van der Waals surface area contributed by atoms with Gasteiger partial charge in [-0.3, -0.25) is 0 Å². The van der Waals surface area contributed by atoms with E-state index in [4.69, 9.17) is 19.9 Å². The number of fused-ring (bicyclic) bond motifs is 8. The monoisotopic (exact) mass is 803 g/mol. The van der Waals surface area contributed by atoms with Gasteiger partial charge in [-0.05, 0) is 68.8 Å². The Balaban J connectivity index is 0.00000455. The van der Waals surface area contributed by atoms with Gasteiger partial charge in [0.2, 0.25) is 26.9 Å². The fourth-order valence-electron chi connectivity index (χ4n) is 7.14. The molecule has 0 atom stereocenters. The molecule has 0 spiro atoms. The number of nitrogens with zero attached hydrogens (tertiary/aromatic N) is 8. The molecule has 57 heavy (non-hydrogen) atoms. The summed E-state index contributed by atoms with van der Waals surface area (Å²) in [5.41, 5.74) is 12.3. The third kappa shape index (κ3) is 7.11. The number of rotatable bonds is 8. The maximum Gasteiger partial charge on any atom is 2.00 e. The number of aliphatic hydroxyl groups excluding tert-OH is 4. The van der Waals surface area contributed by atoms with Gasteiger partial charge in [0.05, 0.1) is 22.8 Å². The summed E-state index contributed by atoms with van der Waals surface area (Å²) in [6.45, 7) is -0.612. The van der Waals surface area contributed by atoms with E-state index < -0.39 is 0 Å². The third-order valence-corrected chi connectivity index (χ3v) is 9.98. The van der Waals surface area contributed by atoms with Gasteiger partial charge in [-0.2, -0.15) is 18.3 Å². The summed E-state index contributed by atoms with van der Waals surface area (Å²) in [6.07, 6.45) is 22.5. The standard InChI is InChI=1S/C44H36N8O4.Cu/c53-25-49-17-9-29(10-18-49)41-33-1-2-34(45-33)42(30-11-19-50(26-54)20-12-30)36-5-6-38(47-36)44(32-15-23-52(28-56)24-16-32)40-8-7-39(48-40)43(37-4-3-35(41)46-37)31-13-21-51(27-55)22-14-31;/h1-24,53-56H,25-28H2;/q2*+2. The largest absolute Gasteiger partial charge is 2.00 e. The summed E-state index contributed by atoms with van der Waals surface area (Å²) < 4.78 is 6.70. The molecule has 8 bridgehead atoms. The average Bonchev–Trinajstić information content (AvgIpc) is 4.10. The minimum atomic E-state index is -0.153. The molecule has 0 fully saturated rings. The minimum absolute atomic E-state index is 0. The molecule has 9 rings (SSSR count). The van der Waals surface area contributed by atoms with E-state index >= 15 is 0 Å². The number of aliphatic hydroxyl groups is 4. The Morgan fingerprint density at radius 2 is 0.561 bits per heavy atom. The first kappa shape index (κ1) is 37.5. The topological polar surface area (TPSA) is 150 Å². The van der Waals surface area contributed by atoms with Crippen LogP contribution in [-0.4, -0.2) is 30.4 Å². The Labute approximate surface area is 337 Å². The Bertz CT molecular complexity index is 2450. The number of hydrogen-bond acceptors (Lipinski definition) is 6. The van der Waals surface area contributed by atoms with Gasteiger partial charge in [0.15, 0.2) is 49.6 Å². The van der Waals surface area contributed by atoms with Crippen molar-refractivity contribution in [2.75, 3.05) is 0 Å². The van der Waals surface area contributed by atoms with Gasteiger partial charge in [0.25, 0.3) is 0 Å². The quantitative estimate of drug-likeness (QED) is 0.135. The van der Waals surface area contributed by atoms with E-state index in [9.17, 15) is 20.4 Å². The molecule has 0 aliphatic carbocycles. The second-order valence-electron chi connectivity index (χ2n) is 13.3. The Morgan fingerprint density at radius 3 is 0.754 bits per heavy atom. The van der Waals surface area contributed by atoms with Crippen molar-refractivity contribution in [2.45, 2.75) is 26.9 Å². The first-order chi connectivity index (χ1) is 27.5. The first-order valence-corrected chi connectivity index (χ1v) is 18.0. The van der Waals surface area contributed by atoms with Crippen LogP contribution >= 0.6 is 0 Å². The predicted octanol–water partition coefficient (Wildman–Crippen LogP) is 3.53. The zero-order valence-corrected chi connectivity index (χ0v) is 31.3. The molecular weight excluding hydrogens is 768 g/mol. The van der Waals surface area contributed by atoms with Crippen LogP contribution in [0.15, 0.2) is 122 Å². The first-order valence-electron chi connectivity index (χ1n) is 18.0.